The molecule has 1 fully saturated rings. The molecule has 2 heterocycles. The second-order valence-corrected chi connectivity index (χ2v) is 6.19. The molecule has 2 aliphatic rings. The summed E-state index contributed by atoms with van der Waals surface area (Å²) in [6.45, 7) is 4.06. The minimum absolute atomic E-state index is 0.0516. The fourth-order valence-electron chi connectivity index (χ4n) is 3.53. The third kappa shape index (κ3) is 2.73. The molecule has 0 aromatic heterocycles. The number of benzene rings is 1. The molecule has 3 rings (SSSR count). The van der Waals surface area contributed by atoms with Gasteiger partial charge in [0.25, 0.3) is 0 Å². The molecule has 1 N–H and O–H groups in total. The molecule has 1 aromatic rings. The zero-order valence-electron chi connectivity index (χ0n) is 12.9. The number of hydrogen-bond acceptors (Lipinski definition) is 3. The Bertz CT molecular complexity index is 587. The molecule has 2 aliphatic heterocycles. The van der Waals surface area contributed by atoms with Crippen LogP contribution < -0.4 is 0 Å². The summed E-state index contributed by atoms with van der Waals surface area (Å²) in [5.74, 6) is -0.939. The molecule has 0 saturated carbocycles. The molecule has 0 spiro atoms. The van der Waals surface area contributed by atoms with E-state index in [1.54, 1.807) is 4.90 Å². The number of aliphatic carboxylic acids is 1. The Kier molecular flexibility index (Phi) is 4.16. The number of nitrogens with zero attached hydrogens (tertiary/aromatic N) is 2. The predicted molar refractivity (Wildman–Crippen MR) is 82.4 cm³/mol. The van der Waals surface area contributed by atoms with E-state index in [4.69, 9.17) is 0 Å². The summed E-state index contributed by atoms with van der Waals surface area (Å²) in [5.41, 5.74) is 2.62. The maximum Gasteiger partial charge on any atom is 0.326 e. The average molecular weight is 302 g/mol. The number of rotatable bonds is 3. The molecule has 1 aromatic carbocycles. The molecular weight excluding hydrogens is 280 g/mol. The molecule has 5 nitrogen and oxygen atoms in total. The van der Waals surface area contributed by atoms with E-state index >= 15 is 0 Å². The first-order chi connectivity index (χ1) is 10.6. The largest absolute Gasteiger partial charge is 0.480 e. The summed E-state index contributed by atoms with van der Waals surface area (Å²) in [7, 11) is 0. The smallest absolute Gasteiger partial charge is 0.326 e. The number of amides is 1. The standard InChI is InChI=1S/C17H22N2O3/c1-12(16(20)19-9-4-7-15(19)17(21)22)18-10-8-13-5-2-3-6-14(13)11-18/h2-3,5-6,12,15H,4,7-11H2,1H3,(H,21,22)/t12-,15+/m0/s1. The number of carboxylic acid groups (broad SMARTS) is 1. The molecule has 1 saturated heterocycles. The van der Waals surface area contributed by atoms with Crippen LogP contribution in [0, 0.1) is 0 Å². The van der Waals surface area contributed by atoms with Crippen molar-refractivity contribution in [2.45, 2.75) is 44.8 Å². The number of fused-ring (bicyclic) bond motifs is 1. The van der Waals surface area contributed by atoms with Crippen LogP contribution in [0.4, 0.5) is 0 Å². The van der Waals surface area contributed by atoms with Crippen molar-refractivity contribution in [3.63, 3.8) is 0 Å². The lowest BCUT2D eigenvalue weighted by Gasteiger charge is -2.35. The van der Waals surface area contributed by atoms with Gasteiger partial charge in [-0.15, -0.1) is 0 Å². The third-order valence-corrected chi connectivity index (χ3v) is 4.89. The third-order valence-electron chi connectivity index (χ3n) is 4.89. The zero-order chi connectivity index (χ0) is 15.7. The van der Waals surface area contributed by atoms with Crippen molar-refractivity contribution in [2.75, 3.05) is 13.1 Å². The Hall–Kier alpha value is -1.88. The second kappa shape index (κ2) is 6.08. The van der Waals surface area contributed by atoms with Crippen LogP contribution in [0.1, 0.15) is 30.9 Å². The molecule has 2 atom stereocenters. The Morgan fingerprint density at radius 3 is 2.68 bits per heavy atom. The zero-order valence-corrected chi connectivity index (χ0v) is 12.9. The topological polar surface area (TPSA) is 60.9 Å². The summed E-state index contributed by atoms with van der Waals surface area (Å²) in [5, 5.41) is 9.25. The highest BCUT2D eigenvalue weighted by Gasteiger charge is 2.37. The molecule has 0 aliphatic carbocycles. The van der Waals surface area contributed by atoms with Crippen LogP contribution in [-0.2, 0) is 22.6 Å². The minimum atomic E-state index is -0.887. The van der Waals surface area contributed by atoms with Crippen molar-refractivity contribution in [2.24, 2.45) is 0 Å². The van der Waals surface area contributed by atoms with Crippen molar-refractivity contribution < 1.29 is 14.7 Å². The maximum absolute atomic E-state index is 12.7. The van der Waals surface area contributed by atoms with E-state index in [0.29, 0.717) is 13.0 Å². The minimum Gasteiger partial charge on any atom is -0.480 e. The summed E-state index contributed by atoms with van der Waals surface area (Å²) in [4.78, 5) is 27.7. The van der Waals surface area contributed by atoms with Gasteiger partial charge in [0, 0.05) is 19.6 Å². The monoisotopic (exact) mass is 302 g/mol. The van der Waals surface area contributed by atoms with E-state index in [-0.39, 0.29) is 11.9 Å². The van der Waals surface area contributed by atoms with Crippen LogP contribution in [0.15, 0.2) is 24.3 Å². The lowest BCUT2D eigenvalue weighted by atomic mass is 9.98. The van der Waals surface area contributed by atoms with Gasteiger partial charge in [-0.3, -0.25) is 9.69 Å². The molecule has 1 amide bonds. The fraction of sp³-hybridized carbons (Fsp3) is 0.529. The molecule has 0 bridgehead atoms. The molecule has 0 radical (unpaired) electrons. The van der Waals surface area contributed by atoms with Crippen molar-refractivity contribution in [1.82, 2.24) is 9.80 Å². The van der Waals surface area contributed by atoms with Crippen LogP contribution in [0.2, 0.25) is 0 Å². The highest BCUT2D eigenvalue weighted by Crippen LogP contribution is 2.24. The van der Waals surface area contributed by atoms with Gasteiger partial charge in [-0.2, -0.15) is 0 Å². The first kappa shape index (κ1) is 15.0. The first-order valence-corrected chi connectivity index (χ1v) is 7.92. The quantitative estimate of drug-likeness (QED) is 0.919. The predicted octanol–water partition coefficient (Wildman–Crippen LogP) is 1.51. The van der Waals surface area contributed by atoms with Crippen molar-refractivity contribution in [3.05, 3.63) is 35.4 Å². The Balaban J connectivity index is 1.70. The van der Waals surface area contributed by atoms with Crippen LogP contribution in [0.3, 0.4) is 0 Å². The van der Waals surface area contributed by atoms with Gasteiger partial charge in [0.15, 0.2) is 0 Å². The van der Waals surface area contributed by atoms with Crippen LogP contribution in [-0.4, -0.2) is 52.0 Å². The van der Waals surface area contributed by atoms with Gasteiger partial charge in [0.2, 0.25) is 5.91 Å². The Labute approximate surface area is 130 Å². The highest BCUT2D eigenvalue weighted by atomic mass is 16.4. The van der Waals surface area contributed by atoms with E-state index in [2.05, 4.69) is 17.0 Å². The van der Waals surface area contributed by atoms with Gasteiger partial charge in [-0.05, 0) is 37.3 Å². The number of likely N-dealkylation sites (tertiary alicyclic amines) is 1. The summed E-state index contributed by atoms with van der Waals surface area (Å²) >= 11 is 0. The van der Waals surface area contributed by atoms with E-state index < -0.39 is 12.0 Å². The fourth-order valence-corrected chi connectivity index (χ4v) is 3.53. The van der Waals surface area contributed by atoms with Gasteiger partial charge < -0.3 is 10.0 Å². The molecule has 0 unspecified atom stereocenters. The van der Waals surface area contributed by atoms with E-state index in [1.165, 1.54) is 11.1 Å². The van der Waals surface area contributed by atoms with Gasteiger partial charge in [-0.1, -0.05) is 24.3 Å². The Morgan fingerprint density at radius 2 is 1.95 bits per heavy atom. The summed E-state index contributed by atoms with van der Waals surface area (Å²) < 4.78 is 0. The lowest BCUT2D eigenvalue weighted by Crippen LogP contribution is -2.51. The van der Waals surface area contributed by atoms with E-state index in [9.17, 15) is 14.7 Å². The average Bonchev–Trinajstić information content (AvgIpc) is 3.03. The normalized spacial score (nSPS) is 23.1. The van der Waals surface area contributed by atoms with Crippen LogP contribution >= 0.6 is 0 Å². The Morgan fingerprint density at radius 1 is 1.23 bits per heavy atom. The first-order valence-electron chi connectivity index (χ1n) is 7.92. The van der Waals surface area contributed by atoms with Crippen molar-refractivity contribution in [1.29, 1.82) is 0 Å². The van der Waals surface area contributed by atoms with E-state index in [0.717, 1.165) is 25.9 Å². The maximum atomic E-state index is 12.7. The lowest BCUT2D eigenvalue weighted by molar-refractivity contribution is -0.150. The SMILES string of the molecule is C[C@@H](C(=O)N1CCC[C@@H]1C(=O)O)N1CCc2ccccc2C1. The van der Waals surface area contributed by atoms with Crippen molar-refractivity contribution >= 4 is 11.9 Å². The summed E-state index contributed by atoms with van der Waals surface area (Å²) in [6.07, 6.45) is 2.28. The second-order valence-electron chi connectivity index (χ2n) is 6.19. The van der Waals surface area contributed by atoms with Gasteiger partial charge in [0.1, 0.15) is 6.04 Å². The number of carbonyl (C=O) groups is 2. The summed E-state index contributed by atoms with van der Waals surface area (Å²) in [6, 6.07) is 7.40. The molecular formula is C17H22N2O3. The molecule has 22 heavy (non-hydrogen) atoms. The van der Waals surface area contributed by atoms with Crippen molar-refractivity contribution in [3.8, 4) is 0 Å². The van der Waals surface area contributed by atoms with E-state index in [1.807, 2.05) is 19.1 Å². The number of hydrogen-bond donors (Lipinski definition) is 1. The van der Waals surface area contributed by atoms with Gasteiger partial charge in [-0.25, -0.2) is 4.79 Å². The van der Waals surface area contributed by atoms with Crippen LogP contribution in [0.5, 0.6) is 0 Å². The van der Waals surface area contributed by atoms with Gasteiger partial charge in [0.05, 0.1) is 6.04 Å². The van der Waals surface area contributed by atoms with Crippen LogP contribution in [0.25, 0.3) is 0 Å². The number of carbonyl (C=O) groups excluding carboxylic acids is 1. The number of carboxylic acids is 1. The molecule has 5 heteroatoms. The van der Waals surface area contributed by atoms with Gasteiger partial charge >= 0.3 is 5.97 Å². The highest BCUT2D eigenvalue weighted by molar-refractivity contribution is 5.87. The molecule has 118 valence electrons.